The highest BCUT2D eigenvalue weighted by molar-refractivity contribution is 7.98. The molecule has 4 rings (SSSR count). The highest BCUT2D eigenvalue weighted by atomic mass is 32.2. The Balaban J connectivity index is 1.49. The Morgan fingerprint density at radius 3 is 2.90 bits per heavy atom. The molecule has 0 aliphatic rings. The number of hydrogen-bond donors (Lipinski definition) is 2. The van der Waals surface area contributed by atoms with E-state index in [2.05, 4.69) is 25.1 Å². The Hall–Kier alpha value is -2.54. The van der Waals surface area contributed by atoms with Gasteiger partial charge in [-0.3, -0.25) is 5.10 Å². The number of aromatic nitrogens is 5. The number of aromatic amines is 2. The van der Waals surface area contributed by atoms with Gasteiger partial charge in [-0.25, -0.2) is 9.97 Å². The van der Waals surface area contributed by atoms with E-state index in [0.717, 1.165) is 22.0 Å². The van der Waals surface area contributed by atoms with Crippen molar-refractivity contribution in [1.29, 1.82) is 0 Å². The molecule has 0 amide bonds. The van der Waals surface area contributed by atoms with Gasteiger partial charge in [0, 0.05) is 0 Å². The van der Waals surface area contributed by atoms with E-state index in [4.69, 9.17) is 4.42 Å². The SMILES string of the molecule is c1coc(-c2n[nH]c(CSc3nc4ccccc4[nH]3)n2)c1. The van der Waals surface area contributed by atoms with Gasteiger partial charge in [0.1, 0.15) is 5.82 Å². The largest absolute Gasteiger partial charge is 0.461 e. The van der Waals surface area contributed by atoms with Gasteiger partial charge in [0.2, 0.25) is 5.82 Å². The number of thioether (sulfide) groups is 1. The van der Waals surface area contributed by atoms with Crippen LogP contribution >= 0.6 is 11.8 Å². The molecular formula is C14H11N5OS. The van der Waals surface area contributed by atoms with Gasteiger partial charge in [0.05, 0.1) is 23.0 Å². The Kier molecular flexibility index (Phi) is 2.97. The second-order valence-corrected chi connectivity index (χ2v) is 5.39. The summed E-state index contributed by atoms with van der Waals surface area (Å²) in [5.41, 5.74) is 2.00. The molecule has 7 heteroatoms. The number of nitrogens with one attached hydrogen (secondary N) is 2. The number of hydrogen-bond acceptors (Lipinski definition) is 5. The van der Waals surface area contributed by atoms with Gasteiger partial charge in [0.15, 0.2) is 10.9 Å². The molecule has 21 heavy (non-hydrogen) atoms. The molecule has 0 atom stereocenters. The molecule has 0 spiro atoms. The smallest absolute Gasteiger partial charge is 0.216 e. The van der Waals surface area contributed by atoms with Gasteiger partial charge in [0.25, 0.3) is 0 Å². The quantitative estimate of drug-likeness (QED) is 0.565. The van der Waals surface area contributed by atoms with Gasteiger partial charge >= 0.3 is 0 Å². The molecule has 3 aromatic heterocycles. The van der Waals surface area contributed by atoms with Crippen LogP contribution in [0.1, 0.15) is 5.82 Å². The van der Waals surface area contributed by atoms with Crippen LogP contribution in [0, 0.1) is 0 Å². The summed E-state index contributed by atoms with van der Waals surface area (Å²) in [4.78, 5) is 12.2. The number of benzene rings is 1. The highest BCUT2D eigenvalue weighted by Crippen LogP contribution is 2.22. The van der Waals surface area contributed by atoms with Crippen LogP contribution in [0.25, 0.3) is 22.6 Å². The van der Waals surface area contributed by atoms with Crippen molar-refractivity contribution in [1.82, 2.24) is 25.1 Å². The zero-order valence-corrected chi connectivity index (χ0v) is 11.7. The Morgan fingerprint density at radius 2 is 2.05 bits per heavy atom. The third-order valence-electron chi connectivity index (χ3n) is 2.99. The zero-order valence-electron chi connectivity index (χ0n) is 10.9. The molecule has 0 aliphatic carbocycles. The van der Waals surface area contributed by atoms with E-state index in [-0.39, 0.29) is 0 Å². The Labute approximate surface area is 124 Å². The maximum absolute atomic E-state index is 5.27. The van der Waals surface area contributed by atoms with Crippen LogP contribution in [0.15, 0.2) is 52.2 Å². The minimum absolute atomic E-state index is 0.570. The van der Waals surface area contributed by atoms with Gasteiger partial charge in [-0.15, -0.1) is 0 Å². The molecule has 0 aliphatic heterocycles. The predicted molar refractivity (Wildman–Crippen MR) is 79.7 cm³/mol. The van der Waals surface area contributed by atoms with Crippen LogP contribution in [-0.4, -0.2) is 25.1 Å². The van der Waals surface area contributed by atoms with E-state index in [9.17, 15) is 0 Å². The number of rotatable bonds is 4. The monoisotopic (exact) mass is 297 g/mol. The predicted octanol–water partition coefficient (Wildman–Crippen LogP) is 3.23. The van der Waals surface area contributed by atoms with Gasteiger partial charge in [-0.1, -0.05) is 23.9 Å². The van der Waals surface area contributed by atoms with Gasteiger partial charge < -0.3 is 9.40 Å². The molecule has 0 saturated carbocycles. The maximum Gasteiger partial charge on any atom is 0.216 e. The fourth-order valence-corrected chi connectivity index (χ4v) is 2.76. The Morgan fingerprint density at radius 1 is 1.10 bits per heavy atom. The second-order valence-electron chi connectivity index (χ2n) is 4.43. The van der Waals surface area contributed by atoms with E-state index >= 15 is 0 Å². The van der Waals surface area contributed by atoms with Crippen LogP contribution in [0.3, 0.4) is 0 Å². The topological polar surface area (TPSA) is 83.4 Å². The second kappa shape index (κ2) is 5.10. The van der Waals surface area contributed by atoms with Gasteiger partial charge in [-0.05, 0) is 24.3 Å². The van der Waals surface area contributed by atoms with Crippen molar-refractivity contribution in [3.05, 3.63) is 48.5 Å². The van der Waals surface area contributed by atoms with Crippen LogP contribution in [-0.2, 0) is 5.75 Å². The number of fused-ring (bicyclic) bond motifs is 1. The lowest BCUT2D eigenvalue weighted by Gasteiger charge is -1.92. The number of H-pyrrole nitrogens is 2. The fourth-order valence-electron chi connectivity index (χ4n) is 2.01. The lowest BCUT2D eigenvalue weighted by atomic mass is 10.3. The van der Waals surface area contributed by atoms with Crippen molar-refractivity contribution in [3.8, 4) is 11.6 Å². The van der Waals surface area contributed by atoms with Crippen molar-refractivity contribution in [2.75, 3.05) is 0 Å². The average Bonchev–Trinajstić information content (AvgIpc) is 3.23. The number of para-hydroxylation sites is 2. The molecular weight excluding hydrogens is 286 g/mol. The minimum Gasteiger partial charge on any atom is -0.461 e. The van der Waals surface area contributed by atoms with E-state index in [1.807, 2.05) is 36.4 Å². The molecule has 1 aromatic carbocycles. The fraction of sp³-hybridized carbons (Fsp3) is 0.0714. The van der Waals surface area contributed by atoms with E-state index in [0.29, 0.717) is 17.3 Å². The molecule has 4 aromatic rings. The van der Waals surface area contributed by atoms with E-state index in [1.54, 1.807) is 18.0 Å². The summed E-state index contributed by atoms with van der Waals surface area (Å²) < 4.78 is 5.27. The molecule has 3 heterocycles. The lowest BCUT2D eigenvalue weighted by molar-refractivity contribution is 0.577. The van der Waals surface area contributed by atoms with Crippen molar-refractivity contribution < 1.29 is 4.42 Å². The van der Waals surface area contributed by atoms with Crippen molar-refractivity contribution in [3.63, 3.8) is 0 Å². The average molecular weight is 297 g/mol. The van der Waals surface area contributed by atoms with Crippen LogP contribution in [0.5, 0.6) is 0 Å². The van der Waals surface area contributed by atoms with Crippen molar-refractivity contribution in [2.45, 2.75) is 10.9 Å². The summed E-state index contributed by atoms with van der Waals surface area (Å²) >= 11 is 1.58. The third-order valence-corrected chi connectivity index (χ3v) is 3.87. The first-order chi connectivity index (χ1) is 10.4. The molecule has 0 radical (unpaired) electrons. The summed E-state index contributed by atoms with van der Waals surface area (Å²) in [5, 5.41) is 7.92. The lowest BCUT2D eigenvalue weighted by Crippen LogP contribution is -1.85. The third kappa shape index (κ3) is 2.43. The van der Waals surface area contributed by atoms with Crippen LogP contribution in [0.2, 0.25) is 0 Å². The summed E-state index contributed by atoms with van der Waals surface area (Å²) in [5.74, 6) is 2.67. The number of furan rings is 1. The molecule has 0 saturated heterocycles. The minimum atomic E-state index is 0.570. The van der Waals surface area contributed by atoms with Crippen molar-refractivity contribution >= 4 is 22.8 Å². The summed E-state index contributed by atoms with van der Waals surface area (Å²) in [6.45, 7) is 0. The Bertz CT molecular complexity index is 831. The first-order valence-electron chi connectivity index (χ1n) is 6.41. The highest BCUT2D eigenvalue weighted by Gasteiger charge is 2.09. The van der Waals surface area contributed by atoms with E-state index in [1.165, 1.54) is 0 Å². The molecule has 0 unspecified atom stereocenters. The van der Waals surface area contributed by atoms with Crippen LogP contribution < -0.4 is 0 Å². The van der Waals surface area contributed by atoms with Crippen molar-refractivity contribution in [2.24, 2.45) is 0 Å². The summed E-state index contributed by atoms with van der Waals surface area (Å²) in [6.07, 6.45) is 1.61. The normalized spacial score (nSPS) is 11.2. The molecule has 6 nitrogen and oxygen atoms in total. The standard InChI is InChI=1S/C14H11N5OS/c1-2-5-10-9(4-1)15-14(16-10)21-8-12-17-13(19-18-12)11-6-3-7-20-11/h1-7H,8H2,(H,15,16)(H,17,18,19). The van der Waals surface area contributed by atoms with Crippen LogP contribution in [0.4, 0.5) is 0 Å². The summed E-state index contributed by atoms with van der Waals surface area (Å²) in [7, 11) is 0. The first-order valence-corrected chi connectivity index (χ1v) is 7.40. The molecule has 104 valence electrons. The number of nitrogens with zero attached hydrogens (tertiary/aromatic N) is 3. The summed E-state index contributed by atoms with van der Waals surface area (Å²) in [6, 6.07) is 11.6. The molecule has 0 fully saturated rings. The molecule has 0 bridgehead atoms. The van der Waals surface area contributed by atoms with Gasteiger partial charge in [-0.2, -0.15) is 5.10 Å². The number of imidazole rings is 1. The maximum atomic E-state index is 5.27. The first kappa shape index (κ1) is 12.2. The molecule has 2 N–H and O–H groups in total. The zero-order chi connectivity index (χ0) is 14.1. The van der Waals surface area contributed by atoms with E-state index < -0.39 is 0 Å².